The number of nitrogens with zero attached hydrogens (tertiary/aromatic N) is 4. The van der Waals surface area contributed by atoms with Crippen molar-refractivity contribution in [2.45, 2.75) is 6.92 Å². The van der Waals surface area contributed by atoms with E-state index in [4.69, 9.17) is 10.2 Å². The molecule has 0 saturated heterocycles. The molecule has 8 nitrogen and oxygen atoms in total. The molecule has 8 heteroatoms. The molecular weight excluding hydrogens is 272 g/mol. The molecule has 0 spiro atoms. The van der Waals surface area contributed by atoms with Gasteiger partial charge in [0.15, 0.2) is 5.69 Å². The molecule has 106 valence electrons. The van der Waals surface area contributed by atoms with Crippen molar-refractivity contribution in [3.63, 3.8) is 0 Å². The first-order valence-electron chi connectivity index (χ1n) is 6.15. The zero-order valence-corrected chi connectivity index (χ0v) is 11.1. The van der Waals surface area contributed by atoms with E-state index in [9.17, 15) is 4.79 Å². The summed E-state index contributed by atoms with van der Waals surface area (Å²) in [5, 5.41) is 14.0. The van der Waals surface area contributed by atoms with Gasteiger partial charge in [0.05, 0.1) is 5.69 Å². The molecule has 3 N–H and O–H groups in total. The molecule has 2 heterocycles. The number of carbonyl (C=O) groups excluding carboxylic acids is 1. The zero-order chi connectivity index (χ0) is 14.8. The number of hydrogen-bond donors (Lipinski definition) is 2. The Morgan fingerprint density at radius 3 is 2.90 bits per heavy atom. The fourth-order valence-corrected chi connectivity index (χ4v) is 1.76. The molecule has 21 heavy (non-hydrogen) atoms. The Bertz CT molecular complexity index is 791. The number of rotatable bonds is 3. The molecule has 0 radical (unpaired) electrons. The Balaban J connectivity index is 1.80. The maximum Gasteiger partial charge on any atom is 0.322 e. The van der Waals surface area contributed by atoms with Crippen LogP contribution in [-0.2, 0) is 0 Å². The highest BCUT2D eigenvalue weighted by Gasteiger charge is 2.13. The van der Waals surface area contributed by atoms with Gasteiger partial charge in [0.25, 0.3) is 5.91 Å². The van der Waals surface area contributed by atoms with Crippen molar-refractivity contribution in [3.8, 4) is 5.69 Å². The average Bonchev–Trinajstić information content (AvgIpc) is 3.08. The van der Waals surface area contributed by atoms with E-state index >= 15 is 0 Å². The van der Waals surface area contributed by atoms with Crippen LogP contribution in [-0.4, -0.2) is 25.9 Å². The van der Waals surface area contributed by atoms with Crippen molar-refractivity contribution >= 4 is 17.6 Å². The molecule has 0 aliphatic carbocycles. The largest absolute Gasteiger partial charge is 0.408 e. The molecule has 0 bridgehead atoms. The molecule has 1 amide bonds. The maximum absolute atomic E-state index is 12.0. The Labute approximate surface area is 119 Å². The lowest BCUT2D eigenvalue weighted by atomic mass is 10.3. The summed E-state index contributed by atoms with van der Waals surface area (Å²) in [7, 11) is 0. The van der Waals surface area contributed by atoms with E-state index in [1.54, 1.807) is 36.0 Å². The van der Waals surface area contributed by atoms with Gasteiger partial charge >= 0.3 is 6.01 Å². The van der Waals surface area contributed by atoms with Gasteiger partial charge in [-0.25, -0.2) is 4.68 Å². The summed E-state index contributed by atoms with van der Waals surface area (Å²) >= 11 is 0. The second kappa shape index (κ2) is 5.08. The molecule has 0 saturated carbocycles. The third kappa shape index (κ3) is 2.73. The fourth-order valence-electron chi connectivity index (χ4n) is 1.76. The van der Waals surface area contributed by atoms with E-state index in [2.05, 4.69) is 20.6 Å². The summed E-state index contributed by atoms with van der Waals surface area (Å²) in [6.07, 6.45) is 1.67. The summed E-state index contributed by atoms with van der Waals surface area (Å²) in [6, 6.07) is 8.81. The smallest absolute Gasteiger partial charge is 0.322 e. The molecular formula is C13H12N6O2. The quantitative estimate of drug-likeness (QED) is 0.703. The molecule has 0 aliphatic rings. The number of aromatic nitrogens is 4. The van der Waals surface area contributed by atoms with Crippen LogP contribution in [0.15, 0.2) is 40.9 Å². The molecule has 0 atom stereocenters. The van der Waals surface area contributed by atoms with Gasteiger partial charge in [-0.2, -0.15) is 5.10 Å². The normalized spacial score (nSPS) is 10.5. The van der Waals surface area contributed by atoms with Crippen molar-refractivity contribution < 1.29 is 9.21 Å². The molecule has 0 unspecified atom stereocenters. The molecule has 1 aromatic carbocycles. The van der Waals surface area contributed by atoms with Crippen LogP contribution < -0.4 is 11.1 Å². The van der Waals surface area contributed by atoms with Crippen LogP contribution in [0.5, 0.6) is 0 Å². The molecule has 0 fully saturated rings. The van der Waals surface area contributed by atoms with Crippen molar-refractivity contribution in [3.05, 3.63) is 48.1 Å². The van der Waals surface area contributed by atoms with Gasteiger partial charge in [-0.05, 0) is 24.3 Å². The summed E-state index contributed by atoms with van der Waals surface area (Å²) in [4.78, 5) is 12.0. The van der Waals surface area contributed by atoms with E-state index in [-0.39, 0.29) is 11.7 Å². The van der Waals surface area contributed by atoms with Crippen LogP contribution in [0.1, 0.15) is 16.4 Å². The number of amides is 1. The van der Waals surface area contributed by atoms with Crippen LogP contribution in [0.2, 0.25) is 0 Å². The fraction of sp³-hybridized carbons (Fsp3) is 0.0769. The van der Waals surface area contributed by atoms with Gasteiger partial charge < -0.3 is 10.2 Å². The zero-order valence-electron chi connectivity index (χ0n) is 11.1. The Morgan fingerprint density at radius 1 is 1.33 bits per heavy atom. The van der Waals surface area contributed by atoms with Gasteiger partial charge in [-0.1, -0.05) is 11.2 Å². The number of benzene rings is 1. The minimum atomic E-state index is -0.429. The highest BCUT2D eigenvalue weighted by Crippen LogP contribution is 2.12. The van der Waals surface area contributed by atoms with E-state index < -0.39 is 5.91 Å². The third-order valence-corrected chi connectivity index (χ3v) is 2.70. The highest BCUT2D eigenvalue weighted by atomic mass is 16.4. The lowest BCUT2D eigenvalue weighted by molar-refractivity contribution is 0.101. The Morgan fingerprint density at radius 2 is 2.19 bits per heavy atom. The second-order valence-corrected chi connectivity index (χ2v) is 4.32. The number of hydrogen-bond acceptors (Lipinski definition) is 6. The first-order chi connectivity index (χ1) is 10.1. The van der Waals surface area contributed by atoms with E-state index in [1.165, 1.54) is 0 Å². The number of nitrogens with one attached hydrogen (secondary N) is 1. The molecule has 3 aromatic rings. The first-order valence-corrected chi connectivity index (χ1v) is 6.15. The SMILES string of the molecule is Cc1nnc(NC(=O)c2ccn(-c3cccc(N)c3)n2)o1. The summed E-state index contributed by atoms with van der Waals surface area (Å²) in [5.41, 5.74) is 7.34. The summed E-state index contributed by atoms with van der Waals surface area (Å²) in [6.45, 7) is 1.64. The van der Waals surface area contributed by atoms with Gasteiger partial charge in [-0.3, -0.25) is 10.1 Å². The summed E-state index contributed by atoms with van der Waals surface area (Å²) in [5.74, 6) is -0.0584. The van der Waals surface area contributed by atoms with Crippen LogP contribution in [0.4, 0.5) is 11.7 Å². The number of anilines is 2. The first kappa shape index (κ1) is 12.9. The monoisotopic (exact) mass is 284 g/mol. The predicted molar refractivity (Wildman–Crippen MR) is 75.0 cm³/mol. The highest BCUT2D eigenvalue weighted by molar-refractivity contribution is 6.01. The van der Waals surface area contributed by atoms with Crippen LogP contribution >= 0.6 is 0 Å². The maximum atomic E-state index is 12.0. The second-order valence-electron chi connectivity index (χ2n) is 4.32. The lowest BCUT2D eigenvalue weighted by Gasteiger charge is -2.02. The Kier molecular flexibility index (Phi) is 3.11. The van der Waals surface area contributed by atoms with E-state index in [1.807, 2.05) is 12.1 Å². The molecule has 3 rings (SSSR count). The number of carbonyl (C=O) groups is 1. The van der Waals surface area contributed by atoms with Crippen molar-refractivity contribution in [2.75, 3.05) is 11.1 Å². The van der Waals surface area contributed by atoms with Crippen LogP contribution in [0.3, 0.4) is 0 Å². The molecule has 0 aliphatic heterocycles. The number of aryl methyl sites for hydroxylation is 1. The van der Waals surface area contributed by atoms with Crippen molar-refractivity contribution in [1.29, 1.82) is 0 Å². The lowest BCUT2D eigenvalue weighted by Crippen LogP contribution is -2.13. The van der Waals surface area contributed by atoms with E-state index in [0.717, 1.165) is 5.69 Å². The average molecular weight is 284 g/mol. The Hall–Kier alpha value is -3.16. The van der Waals surface area contributed by atoms with Gasteiger partial charge in [-0.15, -0.1) is 5.10 Å². The summed E-state index contributed by atoms with van der Waals surface area (Å²) < 4.78 is 6.64. The van der Waals surface area contributed by atoms with Crippen LogP contribution in [0, 0.1) is 6.92 Å². The van der Waals surface area contributed by atoms with Crippen LogP contribution in [0.25, 0.3) is 5.69 Å². The minimum Gasteiger partial charge on any atom is -0.408 e. The minimum absolute atomic E-state index is 0.0380. The van der Waals surface area contributed by atoms with Gasteiger partial charge in [0.1, 0.15) is 0 Å². The van der Waals surface area contributed by atoms with E-state index in [0.29, 0.717) is 11.6 Å². The number of nitrogens with two attached hydrogens (primary N) is 1. The van der Waals surface area contributed by atoms with Gasteiger partial charge in [0.2, 0.25) is 5.89 Å². The number of nitrogen functional groups attached to an aromatic ring is 1. The van der Waals surface area contributed by atoms with Crippen molar-refractivity contribution in [2.24, 2.45) is 0 Å². The third-order valence-electron chi connectivity index (χ3n) is 2.70. The van der Waals surface area contributed by atoms with Gasteiger partial charge in [0, 0.05) is 18.8 Å². The van der Waals surface area contributed by atoms with Crippen molar-refractivity contribution in [1.82, 2.24) is 20.0 Å². The topological polar surface area (TPSA) is 112 Å². The standard InChI is InChI=1S/C13H12N6O2/c1-8-16-17-13(21-8)15-12(20)11-5-6-19(18-11)10-4-2-3-9(14)7-10/h2-7H,14H2,1H3,(H,15,17,20). The predicted octanol–water partition coefficient (Wildman–Crippen LogP) is 1.40. The molecule has 2 aromatic heterocycles.